The molecule has 2 aliphatic rings. The van der Waals surface area contributed by atoms with Gasteiger partial charge in [-0.3, -0.25) is 0 Å². The first kappa shape index (κ1) is 21.0. The molecule has 1 saturated carbocycles. The Labute approximate surface area is 171 Å². The Bertz CT molecular complexity index is 715. The molecule has 5 nitrogen and oxygen atoms in total. The molecule has 0 unspecified atom stereocenters. The van der Waals surface area contributed by atoms with E-state index in [1.54, 1.807) is 6.33 Å². The molecule has 1 aliphatic heterocycles. The van der Waals surface area contributed by atoms with Crippen molar-refractivity contribution in [1.29, 1.82) is 0 Å². The Morgan fingerprint density at radius 3 is 2.27 bits per heavy atom. The maximum Gasteiger partial charge on any atom is 0.132 e. The van der Waals surface area contributed by atoms with Crippen molar-refractivity contribution >= 4 is 47.9 Å². The van der Waals surface area contributed by atoms with Crippen LogP contribution >= 0.6 is 36.4 Å². The third-order valence-corrected chi connectivity index (χ3v) is 5.38. The van der Waals surface area contributed by atoms with E-state index in [0.717, 1.165) is 61.2 Å². The number of piperazine rings is 1. The second-order valence-corrected chi connectivity index (χ2v) is 7.06. The third kappa shape index (κ3) is 4.34. The Balaban J connectivity index is 0.00000121. The number of nitrogens with zero attached hydrogens (tertiary/aromatic N) is 4. The lowest BCUT2D eigenvalue weighted by Crippen LogP contribution is -2.47. The van der Waals surface area contributed by atoms with E-state index >= 15 is 0 Å². The number of halogens is 3. The number of rotatable bonds is 3. The lowest BCUT2D eigenvalue weighted by Gasteiger charge is -2.37. The summed E-state index contributed by atoms with van der Waals surface area (Å²) in [6.07, 6.45) is 3.77. The van der Waals surface area contributed by atoms with E-state index in [2.05, 4.69) is 31.9 Å². The largest absolute Gasteiger partial charge is 0.367 e. The highest BCUT2D eigenvalue weighted by Crippen LogP contribution is 2.35. The second-order valence-electron chi connectivity index (χ2n) is 6.65. The van der Waals surface area contributed by atoms with Gasteiger partial charge in [0.25, 0.3) is 0 Å². The van der Waals surface area contributed by atoms with Gasteiger partial charge in [-0.2, -0.15) is 0 Å². The molecule has 1 aliphatic carbocycles. The van der Waals surface area contributed by atoms with Crippen molar-refractivity contribution in [3.05, 3.63) is 47.4 Å². The number of benzene rings is 1. The summed E-state index contributed by atoms with van der Waals surface area (Å²) in [6.45, 7) is 3.76. The molecule has 2 aromatic rings. The predicted octanol–water partition coefficient (Wildman–Crippen LogP) is 3.50. The minimum absolute atomic E-state index is 0. The van der Waals surface area contributed by atoms with E-state index in [4.69, 9.17) is 17.3 Å². The quantitative estimate of drug-likeness (QED) is 0.830. The third-order valence-electron chi connectivity index (χ3n) is 5.06. The molecule has 0 bridgehead atoms. The van der Waals surface area contributed by atoms with Gasteiger partial charge in [-0.05, 0) is 25.0 Å². The number of nitrogens with two attached hydrogens (primary N) is 1. The van der Waals surface area contributed by atoms with Crippen molar-refractivity contribution < 1.29 is 0 Å². The van der Waals surface area contributed by atoms with Crippen LogP contribution in [-0.2, 0) is 0 Å². The zero-order valence-corrected chi connectivity index (χ0v) is 16.8. The molecule has 4 rings (SSSR count). The van der Waals surface area contributed by atoms with Crippen LogP contribution in [0.4, 0.5) is 11.5 Å². The van der Waals surface area contributed by atoms with Crippen molar-refractivity contribution in [2.24, 2.45) is 5.73 Å². The topological polar surface area (TPSA) is 58.3 Å². The minimum atomic E-state index is 0. The molecule has 26 heavy (non-hydrogen) atoms. The Morgan fingerprint density at radius 2 is 1.62 bits per heavy atom. The van der Waals surface area contributed by atoms with E-state index < -0.39 is 0 Å². The first-order valence-electron chi connectivity index (χ1n) is 8.52. The van der Waals surface area contributed by atoms with Crippen LogP contribution in [0.15, 0.2) is 36.7 Å². The first-order chi connectivity index (χ1) is 11.7. The summed E-state index contributed by atoms with van der Waals surface area (Å²) in [4.78, 5) is 13.6. The molecule has 1 aromatic heterocycles. The average molecular weight is 417 g/mol. The van der Waals surface area contributed by atoms with Crippen LogP contribution in [0.1, 0.15) is 24.5 Å². The van der Waals surface area contributed by atoms with Crippen molar-refractivity contribution in [2.45, 2.75) is 24.8 Å². The van der Waals surface area contributed by atoms with E-state index in [9.17, 15) is 0 Å². The molecule has 2 fully saturated rings. The molecule has 142 valence electrons. The summed E-state index contributed by atoms with van der Waals surface area (Å²) in [7, 11) is 0. The molecule has 0 radical (unpaired) electrons. The zero-order valence-electron chi connectivity index (χ0n) is 14.4. The zero-order chi connectivity index (χ0) is 16.5. The highest BCUT2D eigenvalue weighted by atomic mass is 35.5. The second kappa shape index (κ2) is 9.09. The van der Waals surface area contributed by atoms with Gasteiger partial charge in [-0.15, -0.1) is 24.8 Å². The molecule has 0 spiro atoms. The number of anilines is 2. The fourth-order valence-corrected chi connectivity index (χ4v) is 3.80. The lowest BCUT2D eigenvalue weighted by atomic mass is 9.78. The van der Waals surface area contributed by atoms with Crippen molar-refractivity contribution in [3.63, 3.8) is 0 Å². The van der Waals surface area contributed by atoms with Gasteiger partial charge in [-0.1, -0.05) is 23.7 Å². The van der Waals surface area contributed by atoms with Crippen LogP contribution in [0, 0.1) is 0 Å². The van der Waals surface area contributed by atoms with Crippen LogP contribution < -0.4 is 15.5 Å². The van der Waals surface area contributed by atoms with Crippen molar-refractivity contribution in [1.82, 2.24) is 9.97 Å². The normalized spacial score (nSPS) is 22.1. The summed E-state index contributed by atoms with van der Waals surface area (Å²) in [5.74, 6) is 1.53. The standard InChI is InChI=1S/C18H22ClN5.2ClH/c19-15-3-1-2-4-17(15)23-5-7-24(8-6-23)18-11-16(21-12-22-18)13-9-14(20)10-13;;/h1-4,11-14H,5-10,20H2;2*1H. The fourth-order valence-electron chi connectivity index (χ4n) is 3.55. The van der Waals surface area contributed by atoms with Crippen molar-refractivity contribution in [3.8, 4) is 0 Å². The van der Waals surface area contributed by atoms with E-state index in [-0.39, 0.29) is 24.8 Å². The van der Waals surface area contributed by atoms with Gasteiger partial charge in [-0.25, -0.2) is 9.97 Å². The lowest BCUT2D eigenvalue weighted by molar-refractivity contribution is 0.345. The van der Waals surface area contributed by atoms with E-state index in [0.29, 0.717) is 12.0 Å². The summed E-state index contributed by atoms with van der Waals surface area (Å²) in [5, 5.41) is 0.816. The molecule has 1 aromatic carbocycles. The summed E-state index contributed by atoms with van der Waals surface area (Å²) in [5.41, 5.74) is 8.15. The van der Waals surface area contributed by atoms with E-state index in [1.807, 2.05) is 18.2 Å². The monoisotopic (exact) mass is 415 g/mol. The SMILES string of the molecule is Cl.Cl.NC1CC(c2cc(N3CCN(c4ccccc4Cl)CC3)ncn2)C1. The van der Waals surface area contributed by atoms with Crippen LogP contribution in [0.5, 0.6) is 0 Å². The molecule has 2 N–H and O–H groups in total. The minimum Gasteiger partial charge on any atom is -0.367 e. The molecule has 1 saturated heterocycles. The number of hydrogen-bond donors (Lipinski definition) is 1. The molecule has 8 heteroatoms. The number of hydrogen-bond acceptors (Lipinski definition) is 5. The van der Waals surface area contributed by atoms with Gasteiger partial charge in [0.1, 0.15) is 12.1 Å². The van der Waals surface area contributed by atoms with Crippen LogP contribution in [0.3, 0.4) is 0 Å². The Morgan fingerprint density at radius 1 is 0.962 bits per heavy atom. The maximum absolute atomic E-state index is 6.31. The van der Waals surface area contributed by atoms with Crippen molar-refractivity contribution in [2.75, 3.05) is 36.0 Å². The highest BCUT2D eigenvalue weighted by Gasteiger charge is 2.29. The van der Waals surface area contributed by atoms with Crippen LogP contribution in [0.2, 0.25) is 5.02 Å². The highest BCUT2D eigenvalue weighted by molar-refractivity contribution is 6.33. The van der Waals surface area contributed by atoms with Crippen LogP contribution in [-0.4, -0.2) is 42.2 Å². The Hall–Kier alpha value is -1.27. The van der Waals surface area contributed by atoms with Crippen LogP contribution in [0.25, 0.3) is 0 Å². The number of aromatic nitrogens is 2. The molecule has 2 heterocycles. The summed E-state index contributed by atoms with van der Waals surface area (Å²) >= 11 is 6.31. The van der Waals surface area contributed by atoms with Gasteiger partial charge >= 0.3 is 0 Å². The molecule has 0 atom stereocenters. The maximum atomic E-state index is 6.31. The van der Waals surface area contributed by atoms with Gasteiger partial charge in [0.15, 0.2) is 0 Å². The Kier molecular flexibility index (Phi) is 7.35. The van der Waals surface area contributed by atoms with Gasteiger partial charge in [0, 0.05) is 49.9 Å². The first-order valence-corrected chi connectivity index (χ1v) is 8.90. The fraction of sp³-hybridized carbons (Fsp3) is 0.444. The van der Waals surface area contributed by atoms with E-state index in [1.165, 1.54) is 0 Å². The molecular weight excluding hydrogens is 393 g/mol. The summed E-state index contributed by atoms with van der Waals surface area (Å²) in [6, 6.07) is 10.5. The van der Waals surface area contributed by atoms with Gasteiger partial charge in [0.2, 0.25) is 0 Å². The van der Waals surface area contributed by atoms with Gasteiger partial charge in [0.05, 0.1) is 10.7 Å². The molecular formula is C18H24Cl3N5. The smallest absolute Gasteiger partial charge is 0.132 e. The molecule has 0 amide bonds. The summed E-state index contributed by atoms with van der Waals surface area (Å²) < 4.78 is 0. The van der Waals surface area contributed by atoms with Gasteiger partial charge < -0.3 is 15.5 Å². The average Bonchev–Trinajstić information content (AvgIpc) is 2.60. The number of para-hydroxylation sites is 1. The predicted molar refractivity (Wildman–Crippen MR) is 112 cm³/mol.